The average Bonchev–Trinajstić information content (AvgIpc) is 2.54. The number of halogens is 1. The van der Waals surface area contributed by atoms with Crippen LogP contribution in [0.2, 0.25) is 5.02 Å². The number of hydrogen-bond acceptors (Lipinski definition) is 3. The number of urea groups is 1. The van der Waals surface area contributed by atoms with E-state index in [2.05, 4.69) is 15.6 Å². The summed E-state index contributed by atoms with van der Waals surface area (Å²) in [5, 5.41) is 6.84. The topological polar surface area (TPSA) is 83.2 Å². The van der Waals surface area contributed by atoms with E-state index in [-0.39, 0.29) is 17.6 Å². The highest BCUT2D eigenvalue weighted by molar-refractivity contribution is 6.32. The molecule has 1 heterocycles. The Bertz CT molecular complexity index is 788. The molecule has 7 heteroatoms. The molecule has 130 valence electrons. The first-order valence-electron chi connectivity index (χ1n) is 7.88. The van der Waals surface area contributed by atoms with Crippen LogP contribution >= 0.6 is 11.6 Å². The fourth-order valence-corrected chi connectivity index (χ4v) is 2.52. The SMILES string of the molecule is CCC(C)NC(=O)NCCc1cc2cc(OC)c(Cl)cc2[nH]c1=O. The Morgan fingerprint density at radius 3 is 2.79 bits per heavy atom. The fraction of sp³-hybridized carbons (Fsp3) is 0.412. The Morgan fingerprint density at radius 2 is 2.12 bits per heavy atom. The van der Waals surface area contributed by atoms with Crippen molar-refractivity contribution in [3.63, 3.8) is 0 Å². The Labute approximate surface area is 145 Å². The number of ether oxygens (including phenoxy) is 1. The van der Waals surface area contributed by atoms with Crippen LogP contribution in [0, 0.1) is 0 Å². The number of aromatic amines is 1. The number of rotatable bonds is 6. The molecule has 0 aliphatic rings. The molecule has 1 unspecified atom stereocenters. The maximum Gasteiger partial charge on any atom is 0.315 e. The molecule has 2 aromatic rings. The van der Waals surface area contributed by atoms with Gasteiger partial charge in [-0.15, -0.1) is 0 Å². The maximum absolute atomic E-state index is 12.1. The first-order chi connectivity index (χ1) is 11.4. The number of nitrogens with one attached hydrogen (secondary N) is 3. The number of methoxy groups -OCH3 is 1. The average molecular weight is 352 g/mol. The van der Waals surface area contributed by atoms with Crippen molar-refractivity contribution in [3.05, 3.63) is 39.1 Å². The summed E-state index contributed by atoms with van der Waals surface area (Å²) in [6.07, 6.45) is 1.30. The molecule has 0 aliphatic carbocycles. The molecule has 0 saturated carbocycles. The normalized spacial score (nSPS) is 12.0. The lowest BCUT2D eigenvalue weighted by Gasteiger charge is -2.12. The summed E-state index contributed by atoms with van der Waals surface area (Å²) >= 11 is 6.07. The quantitative estimate of drug-likeness (QED) is 0.748. The lowest BCUT2D eigenvalue weighted by molar-refractivity contribution is 0.237. The minimum atomic E-state index is -0.227. The number of fused-ring (bicyclic) bond motifs is 1. The van der Waals surface area contributed by atoms with Crippen molar-refractivity contribution in [1.29, 1.82) is 0 Å². The molecule has 24 heavy (non-hydrogen) atoms. The molecule has 6 nitrogen and oxygen atoms in total. The van der Waals surface area contributed by atoms with E-state index in [0.29, 0.717) is 34.8 Å². The molecule has 1 aromatic carbocycles. The molecule has 0 spiro atoms. The molecule has 2 rings (SSSR count). The smallest absolute Gasteiger partial charge is 0.315 e. The van der Waals surface area contributed by atoms with Gasteiger partial charge >= 0.3 is 6.03 Å². The minimum Gasteiger partial charge on any atom is -0.495 e. The molecule has 1 atom stereocenters. The van der Waals surface area contributed by atoms with Gasteiger partial charge in [0.25, 0.3) is 5.56 Å². The Morgan fingerprint density at radius 1 is 1.38 bits per heavy atom. The summed E-state index contributed by atoms with van der Waals surface area (Å²) in [7, 11) is 1.54. The van der Waals surface area contributed by atoms with Gasteiger partial charge in [0, 0.05) is 23.5 Å². The molecule has 0 saturated heterocycles. The number of carbonyl (C=O) groups excluding carboxylic acids is 1. The van der Waals surface area contributed by atoms with E-state index in [9.17, 15) is 9.59 Å². The number of H-pyrrole nitrogens is 1. The summed E-state index contributed by atoms with van der Waals surface area (Å²) in [6.45, 7) is 4.31. The number of pyridine rings is 1. The Kier molecular flexibility index (Phi) is 6.09. The molecule has 3 N–H and O–H groups in total. The van der Waals surface area contributed by atoms with Crippen molar-refractivity contribution in [2.45, 2.75) is 32.7 Å². The highest BCUT2D eigenvalue weighted by Gasteiger charge is 2.09. The monoisotopic (exact) mass is 351 g/mol. The van der Waals surface area contributed by atoms with Crippen molar-refractivity contribution in [2.75, 3.05) is 13.7 Å². The molecular weight excluding hydrogens is 330 g/mol. The zero-order valence-electron chi connectivity index (χ0n) is 14.0. The summed E-state index contributed by atoms with van der Waals surface area (Å²) in [5.41, 5.74) is 1.06. The lowest BCUT2D eigenvalue weighted by Crippen LogP contribution is -2.41. The standard InChI is InChI=1S/C17H22ClN3O3/c1-4-10(2)20-17(23)19-6-5-11-7-12-8-15(24-3)13(18)9-14(12)21-16(11)22/h7-10H,4-6H2,1-3H3,(H,21,22)(H2,19,20,23). The van der Waals surface area contributed by atoms with E-state index in [1.54, 1.807) is 25.3 Å². The number of aromatic nitrogens is 1. The third kappa shape index (κ3) is 4.41. The maximum atomic E-state index is 12.1. The summed E-state index contributed by atoms with van der Waals surface area (Å²) in [6, 6.07) is 5.13. The molecule has 0 bridgehead atoms. The van der Waals surface area contributed by atoms with Crippen LogP contribution in [-0.4, -0.2) is 30.7 Å². The van der Waals surface area contributed by atoms with Gasteiger partial charge in [0.15, 0.2) is 0 Å². The first kappa shape index (κ1) is 18.1. The van der Waals surface area contributed by atoms with Crippen LogP contribution in [0.25, 0.3) is 10.9 Å². The van der Waals surface area contributed by atoms with Gasteiger partial charge in [-0.05, 0) is 38.0 Å². The minimum absolute atomic E-state index is 0.117. The van der Waals surface area contributed by atoms with Crippen molar-refractivity contribution < 1.29 is 9.53 Å². The highest BCUT2D eigenvalue weighted by Crippen LogP contribution is 2.28. The van der Waals surface area contributed by atoms with E-state index in [1.165, 1.54) is 0 Å². The zero-order valence-corrected chi connectivity index (χ0v) is 14.8. The summed E-state index contributed by atoms with van der Waals surface area (Å²) in [5.74, 6) is 0.549. The second-order valence-corrected chi connectivity index (χ2v) is 6.06. The van der Waals surface area contributed by atoms with Gasteiger partial charge in [-0.1, -0.05) is 18.5 Å². The largest absolute Gasteiger partial charge is 0.495 e. The summed E-state index contributed by atoms with van der Waals surface area (Å²) < 4.78 is 5.19. The second kappa shape index (κ2) is 8.06. The summed E-state index contributed by atoms with van der Waals surface area (Å²) in [4.78, 5) is 26.6. The van der Waals surface area contributed by atoms with Crippen LogP contribution in [0.1, 0.15) is 25.8 Å². The predicted molar refractivity (Wildman–Crippen MR) is 96.1 cm³/mol. The van der Waals surface area contributed by atoms with Gasteiger partial charge < -0.3 is 20.4 Å². The van der Waals surface area contributed by atoms with Gasteiger partial charge in [-0.3, -0.25) is 4.79 Å². The first-order valence-corrected chi connectivity index (χ1v) is 8.26. The van der Waals surface area contributed by atoms with Crippen LogP contribution in [0.3, 0.4) is 0 Å². The fourth-order valence-electron chi connectivity index (χ4n) is 2.28. The van der Waals surface area contributed by atoms with Gasteiger partial charge in [0.1, 0.15) is 5.75 Å². The van der Waals surface area contributed by atoms with Crippen LogP contribution in [0.15, 0.2) is 23.0 Å². The third-order valence-corrected chi connectivity index (χ3v) is 4.16. The van der Waals surface area contributed by atoms with Crippen LogP contribution in [0.5, 0.6) is 5.75 Å². The third-order valence-electron chi connectivity index (χ3n) is 3.86. The van der Waals surface area contributed by atoms with Crippen molar-refractivity contribution in [1.82, 2.24) is 15.6 Å². The predicted octanol–water partition coefficient (Wildman–Crippen LogP) is 2.83. The van der Waals surface area contributed by atoms with E-state index in [1.807, 2.05) is 13.8 Å². The van der Waals surface area contributed by atoms with Crippen LogP contribution < -0.4 is 20.9 Å². The zero-order chi connectivity index (χ0) is 17.7. The molecule has 0 radical (unpaired) electrons. The number of amides is 2. The van der Waals surface area contributed by atoms with Crippen molar-refractivity contribution >= 4 is 28.5 Å². The lowest BCUT2D eigenvalue weighted by atomic mass is 10.1. The van der Waals surface area contributed by atoms with E-state index in [0.717, 1.165) is 11.8 Å². The van der Waals surface area contributed by atoms with Crippen LogP contribution in [0.4, 0.5) is 4.79 Å². The number of carbonyl (C=O) groups is 1. The van der Waals surface area contributed by atoms with Crippen LogP contribution in [-0.2, 0) is 6.42 Å². The van der Waals surface area contributed by atoms with E-state index < -0.39 is 0 Å². The van der Waals surface area contributed by atoms with Gasteiger partial charge in [-0.25, -0.2) is 4.79 Å². The molecular formula is C17H22ClN3O3. The van der Waals surface area contributed by atoms with Gasteiger partial charge in [0.2, 0.25) is 0 Å². The molecule has 0 fully saturated rings. The van der Waals surface area contributed by atoms with Crippen molar-refractivity contribution in [2.24, 2.45) is 0 Å². The Hall–Kier alpha value is -2.21. The Balaban J connectivity index is 2.09. The van der Waals surface area contributed by atoms with E-state index in [4.69, 9.17) is 16.3 Å². The van der Waals surface area contributed by atoms with E-state index >= 15 is 0 Å². The van der Waals surface area contributed by atoms with Gasteiger partial charge in [0.05, 0.1) is 17.6 Å². The highest BCUT2D eigenvalue weighted by atomic mass is 35.5. The van der Waals surface area contributed by atoms with Gasteiger partial charge in [-0.2, -0.15) is 0 Å². The van der Waals surface area contributed by atoms with Crippen molar-refractivity contribution in [3.8, 4) is 5.75 Å². The molecule has 1 aromatic heterocycles. The number of benzene rings is 1. The number of hydrogen-bond donors (Lipinski definition) is 3. The second-order valence-electron chi connectivity index (χ2n) is 5.66. The molecule has 0 aliphatic heterocycles. The molecule has 2 amide bonds.